The summed E-state index contributed by atoms with van der Waals surface area (Å²) in [7, 11) is 0. The summed E-state index contributed by atoms with van der Waals surface area (Å²) in [6.45, 7) is 4.71. The van der Waals surface area contributed by atoms with Crippen molar-refractivity contribution in [2.45, 2.75) is 6.92 Å². The predicted molar refractivity (Wildman–Crippen MR) is 80.2 cm³/mol. The van der Waals surface area contributed by atoms with Crippen LogP contribution < -0.4 is 10.6 Å². The second-order valence-corrected chi connectivity index (χ2v) is 5.14. The number of rotatable bonds is 2. The van der Waals surface area contributed by atoms with E-state index in [2.05, 4.69) is 9.88 Å². The fourth-order valence-electron chi connectivity index (χ4n) is 2.50. The summed E-state index contributed by atoms with van der Waals surface area (Å²) >= 11 is 0. The number of nitrogens with two attached hydrogens (primary N) is 1. The van der Waals surface area contributed by atoms with Gasteiger partial charge in [-0.15, -0.1) is 0 Å². The first kappa shape index (κ1) is 13.5. The van der Waals surface area contributed by atoms with Gasteiger partial charge in [0.2, 0.25) is 5.76 Å². The van der Waals surface area contributed by atoms with Crippen LogP contribution in [0.2, 0.25) is 0 Å². The van der Waals surface area contributed by atoms with E-state index < -0.39 is 0 Å². The van der Waals surface area contributed by atoms with Crippen molar-refractivity contribution in [2.24, 2.45) is 0 Å². The Morgan fingerprint density at radius 3 is 2.43 bits per heavy atom. The highest BCUT2D eigenvalue weighted by Crippen LogP contribution is 2.19. The lowest BCUT2D eigenvalue weighted by atomic mass is 10.2. The van der Waals surface area contributed by atoms with E-state index in [0.29, 0.717) is 24.5 Å². The zero-order valence-corrected chi connectivity index (χ0v) is 12.0. The molecule has 1 aliphatic rings. The molecule has 1 aliphatic heterocycles. The van der Waals surface area contributed by atoms with E-state index >= 15 is 0 Å². The molecule has 0 unspecified atom stereocenters. The summed E-state index contributed by atoms with van der Waals surface area (Å²) in [5, 5.41) is 0. The van der Waals surface area contributed by atoms with E-state index in [1.54, 1.807) is 11.8 Å². The van der Waals surface area contributed by atoms with Crippen LogP contribution in [-0.2, 0) is 0 Å². The Morgan fingerprint density at radius 2 is 1.86 bits per heavy atom. The predicted octanol–water partition coefficient (Wildman–Crippen LogP) is 1.53. The third-order valence-corrected chi connectivity index (χ3v) is 3.76. The molecule has 0 spiro atoms. The molecule has 1 aromatic carbocycles. The minimum Gasteiger partial charge on any atom is -0.438 e. The summed E-state index contributed by atoms with van der Waals surface area (Å²) in [5.41, 5.74) is 8.23. The number of anilines is 2. The van der Waals surface area contributed by atoms with E-state index in [1.165, 1.54) is 6.39 Å². The van der Waals surface area contributed by atoms with E-state index in [4.69, 9.17) is 10.2 Å². The number of benzene rings is 1. The molecule has 1 aromatic heterocycles. The van der Waals surface area contributed by atoms with E-state index in [1.807, 2.05) is 24.3 Å². The molecule has 0 atom stereocenters. The fourth-order valence-corrected chi connectivity index (χ4v) is 2.50. The second-order valence-electron chi connectivity index (χ2n) is 5.14. The number of hydrogen-bond acceptors (Lipinski definition) is 5. The van der Waals surface area contributed by atoms with E-state index in [0.717, 1.165) is 24.5 Å². The van der Waals surface area contributed by atoms with Crippen molar-refractivity contribution < 1.29 is 9.21 Å². The van der Waals surface area contributed by atoms with Gasteiger partial charge in [-0.05, 0) is 31.2 Å². The number of hydrogen-bond donors (Lipinski definition) is 1. The van der Waals surface area contributed by atoms with Gasteiger partial charge in [0.1, 0.15) is 0 Å². The maximum absolute atomic E-state index is 12.3. The molecule has 2 aromatic rings. The molecule has 2 N–H and O–H groups in total. The summed E-state index contributed by atoms with van der Waals surface area (Å²) in [6, 6.07) is 7.80. The molecule has 0 bridgehead atoms. The third kappa shape index (κ3) is 2.69. The normalized spacial score (nSPS) is 15.3. The molecule has 3 rings (SSSR count). The van der Waals surface area contributed by atoms with E-state index in [-0.39, 0.29) is 5.91 Å². The van der Waals surface area contributed by atoms with Gasteiger partial charge in [0.25, 0.3) is 5.91 Å². The molecular formula is C15H18N4O2. The van der Waals surface area contributed by atoms with Gasteiger partial charge < -0.3 is 20.0 Å². The molecule has 1 amide bonds. The van der Waals surface area contributed by atoms with Crippen LogP contribution in [0.25, 0.3) is 0 Å². The Bertz CT molecular complexity index is 627. The highest BCUT2D eigenvalue weighted by Gasteiger charge is 2.25. The average molecular weight is 286 g/mol. The van der Waals surface area contributed by atoms with Gasteiger partial charge in [0, 0.05) is 37.6 Å². The number of amides is 1. The summed E-state index contributed by atoms with van der Waals surface area (Å²) in [4.78, 5) is 20.3. The minimum atomic E-state index is -0.0815. The summed E-state index contributed by atoms with van der Waals surface area (Å²) in [6.07, 6.45) is 1.31. The highest BCUT2D eigenvalue weighted by molar-refractivity contribution is 5.92. The minimum absolute atomic E-state index is 0.0815. The maximum Gasteiger partial charge on any atom is 0.291 e. The van der Waals surface area contributed by atoms with Crippen LogP contribution in [-0.4, -0.2) is 42.0 Å². The summed E-state index contributed by atoms with van der Waals surface area (Å²) in [5.74, 6) is 0.262. The SMILES string of the molecule is Cc1ncoc1C(=O)N1CCN(c2ccc(N)cc2)CC1. The molecule has 1 saturated heterocycles. The van der Waals surface area contributed by atoms with Crippen molar-refractivity contribution in [3.63, 3.8) is 0 Å². The van der Waals surface area contributed by atoms with Crippen molar-refractivity contribution in [1.82, 2.24) is 9.88 Å². The van der Waals surface area contributed by atoms with Gasteiger partial charge in [-0.25, -0.2) is 4.98 Å². The van der Waals surface area contributed by atoms with Gasteiger partial charge in [0.15, 0.2) is 6.39 Å². The van der Waals surface area contributed by atoms with Gasteiger partial charge in [-0.3, -0.25) is 4.79 Å². The van der Waals surface area contributed by atoms with Crippen molar-refractivity contribution >= 4 is 17.3 Å². The quantitative estimate of drug-likeness (QED) is 0.847. The monoisotopic (exact) mass is 286 g/mol. The number of piperazine rings is 1. The Kier molecular flexibility index (Phi) is 3.51. The molecule has 110 valence electrons. The van der Waals surface area contributed by atoms with Gasteiger partial charge in [0.05, 0.1) is 5.69 Å². The molecule has 21 heavy (non-hydrogen) atoms. The first-order valence-electron chi connectivity index (χ1n) is 6.95. The van der Waals surface area contributed by atoms with Crippen molar-refractivity contribution in [3.8, 4) is 0 Å². The number of nitrogen functional groups attached to an aromatic ring is 1. The van der Waals surface area contributed by atoms with Crippen molar-refractivity contribution in [3.05, 3.63) is 42.1 Å². The lowest BCUT2D eigenvalue weighted by Gasteiger charge is -2.35. The molecule has 0 aliphatic carbocycles. The Balaban J connectivity index is 1.64. The topological polar surface area (TPSA) is 75.6 Å². The number of aryl methyl sites for hydroxylation is 1. The largest absolute Gasteiger partial charge is 0.438 e. The van der Waals surface area contributed by atoms with Gasteiger partial charge >= 0.3 is 0 Å². The Labute approximate surface area is 123 Å². The lowest BCUT2D eigenvalue weighted by Crippen LogP contribution is -2.48. The van der Waals surface area contributed by atoms with Crippen LogP contribution in [0.4, 0.5) is 11.4 Å². The van der Waals surface area contributed by atoms with Crippen LogP contribution in [0.15, 0.2) is 35.1 Å². The standard InChI is InChI=1S/C15H18N4O2/c1-11-14(21-10-17-11)15(20)19-8-6-18(7-9-19)13-4-2-12(16)3-5-13/h2-5,10H,6-9,16H2,1H3. The zero-order chi connectivity index (χ0) is 14.8. The Morgan fingerprint density at radius 1 is 1.19 bits per heavy atom. The van der Waals surface area contributed by atoms with Crippen LogP contribution in [0.3, 0.4) is 0 Å². The van der Waals surface area contributed by atoms with Crippen molar-refractivity contribution in [1.29, 1.82) is 0 Å². The first-order valence-corrected chi connectivity index (χ1v) is 6.95. The third-order valence-electron chi connectivity index (χ3n) is 3.76. The van der Waals surface area contributed by atoms with Gasteiger partial charge in [-0.1, -0.05) is 0 Å². The Hall–Kier alpha value is -2.50. The maximum atomic E-state index is 12.3. The van der Waals surface area contributed by atoms with Crippen LogP contribution >= 0.6 is 0 Å². The van der Waals surface area contributed by atoms with Crippen LogP contribution in [0.1, 0.15) is 16.2 Å². The van der Waals surface area contributed by atoms with Crippen molar-refractivity contribution in [2.75, 3.05) is 36.8 Å². The second kappa shape index (κ2) is 5.47. The molecule has 0 saturated carbocycles. The van der Waals surface area contributed by atoms with Gasteiger partial charge in [-0.2, -0.15) is 0 Å². The smallest absolute Gasteiger partial charge is 0.291 e. The van der Waals surface area contributed by atoms with Crippen LogP contribution in [0, 0.1) is 6.92 Å². The first-order chi connectivity index (χ1) is 10.1. The lowest BCUT2D eigenvalue weighted by molar-refractivity contribution is 0.0713. The van der Waals surface area contributed by atoms with Crippen LogP contribution in [0.5, 0.6) is 0 Å². The number of oxazole rings is 1. The molecule has 6 nitrogen and oxygen atoms in total. The zero-order valence-electron chi connectivity index (χ0n) is 12.0. The highest BCUT2D eigenvalue weighted by atomic mass is 16.3. The molecule has 2 heterocycles. The number of carbonyl (C=O) groups excluding carboxylic acids is 1. The molecular weight excluding hydrogens is 268 g/mol. The number of nitrogens with zero attached hydrogens (tertiary/aromatic N) is 3. The fraction of sp³-hybridized carbons (Fsp3) is 0.333. The summed E-state index contributed by atoms with van der Waals surface area (Å²) < 4.78 is 5.17. The molecule has 6 heteroatoms. The molecule has 0 radical (unpaired) electrons. The van der Waals surface area contributed by atoms with E-state index in [9.17, 15) is 4.79 Å². The average Bonchev–Trinajstić information content (AvgIpc) is 2.94. The molecule has 1 fully saturated rings. The number of carbonyl (C=O) groups is 1. The number of aromatic nitrogens is 1.